The van der Waals surface area contributed by atoms with Crippen molar-refractivity contribution in [3.05, 3.63) is 60.7 Å². The number of aliphatic hydroxyl groups is 1. The Balaban J connectivity index is 2.53. The average molecular weight is 500 g/mol. The third kappa shape index (κ3) is 7.66. The van der Waals surface area contributed by atoms with Crippen LogP contribution in [0.1, 0.15) is 61.8 Å². The number of nitrogens with one attached hydrogen (secondary N) is 1. The van der Waals surface area contributed by atoms with Crippen LogP contribution in [0.4, 0.5) is 4.79 Å². The van der Waals surface area contributed by atoms with Crippen molar-refractivity contribution < 1.29 is 19.1 Å². The summed E-state index contributed by atoms with van der Waals surface area (Å²) in [4.78, 5) is 12.8. The molecular formula is C29H45NO4Si. The Morgan fingerprint density at radius 2 is 1.40 bits per heavy atom. The van der Waals surface area contributed by atoms with E-state index in [1.54, 1.807) is 0 Å². The number of rotatable bonds is 10. The Hall–Kier alpha value is -2.15. The highest BCUT2D eigenvalue weighted by molar-refractivity contribution is 6.99. The summed E-state index contributed by atoms with van der Waals surface area (Å²) in [6, 6.07) is 20.6. The zero-order chi connectivity index (χ0) is 26.3. The van der Waals surface area contributed by atoms with Crippen LogP contribution in [0.2, 0.25) is 5.04 Å². The van der Waals surface area contributed by atoms with E-state index >= 15 is 0 Å². The van der Waals surface area contributed by atoms with E-state index in [1.165, 1.54) is 10.4 Å². The highest BCUT2D eigenvalue weighted by atomic mass is 28.4. The summed E-state index contributed by atoms with van der Waals surface area (Å²) >= 11 is 0. The second-order valence-electron chi connectivity index (χ2n) is 11.6. The van der Waals surface area contributed by atoms with E-state index in [1.807, 2.05) is 32.9 Å². The second-order valence-corrected chi connectivity index (χ2v) is 16.0. The van der Waals surface area contributed by atoms with Gasteiger partial charge in [0, 0.05) is 6.61 Å². The van der Waals surface area contributed by atoms with Gasteiger partial charge in [0.25, 0.3) is 8.32 Å². The van der Waals surface area contributed by atoms with Crippen LogP contribution in [0.3, 0.4) is 0 Å². The van der Waals surface area contributed by atoms with Gasteiger partial charge in [-0.1, -0.05) is 95.3 Å². The van der Waals surface area contributed by atoms with Gasteiger partial charge >= 0.3 is 6.09 Å². The number of hydrogen-bond donors (Lipinski definition) is 2. The van der Waals surface area contributed by atoms with Crippen molar-refractivity contribution >= 4 is 24.8 Å². The van der Waals surface area contributed by atoms with Crippen LogP contribution in [-0.2, 0) is 9.16 Å². The first-order chi connectivity index (χ1) is 16.3. The van der Waals surface area contributed by atoms with Crippen molar-refractivity contribution in [2.24, 2.45) is 11.8 Å². The fourth-order valence-electron chi connectivity index (χ4n) is 4.86. The van der Waals surface area contributed by atoms with Crippen molar-refractivity contribution in [2.75, 3.05) is 13.2 Å². The molecule has 0 saturated heterocycles. The topological polar surface area (TPSA) is 67.8 Å². The van der Waals surface area contributed by atoms with Crippen molar-refractivity contribution in [1.29, 1.82) is 0 Å². The van der Waals surface area contributed by atoms with Crippen molar-refractivity contribution in [1.82, 2.24) is 5.32 Å². The lowest BCUT2D eigenvalue weighted by Crippen LogP contribution is -2.67. The molecule has 0 aliphatic carbocycles. The molecule has 1 amide bonds. The Morgan fingerprint density at radius 3 is 1.77 bits per heavy atom. The van der Waals surface area contributed by atoms with E-state index in [0.717, 1.165) is 0 Å². The molecule has 0 fully saturated rings. The van der Waals surface area contributed by atoms with Crippen molar-refractivity contribution in [3.8, 4) is 0 Å². The van der Waals surface area contributed by atoms with Gasteiger partial charge in [0.2, 0.25) is 0 Å². The molecular weight excluding hydrogens is 454 g/mol. The van der Waals surface area contributed by atoms with Gasteiger partial charge in [-0.3, -0.25) is 0 Å². The summed E-state index contributed by atoms with van der Waals surface area (Å²) in [5.74, 6) is 0.274. The van der Waals surface area contributed by atoms with Crippen LogP contribution >= 0.6 is 0 Å². The molecule has 0 saturated carbocycles. The summed E-state index contributed by atoms with van der Waals surface area (Å²) in [5.41, 5.74) is -0.599. The van der Waals surface area contributed by atoms with Gasteiger partial charge in [-0.15, -0.1) is 0 Å². The molecule has 2 atom stereocenters. The number of carbonyl (C=O) groups is 1. The summed E-state index contributed by atoms with van der Waals surface area (Å²) in [6.07, 6.45) is 0.111. The first-order valence-electron chi connectivity index (χ1n) is 12.7. The molecule has 0 aliphatic heterocycles. The number of amides is 1. The van der Waals surface area contributed by atoms with E-state index in [0.29, 0.717) is 13.0 Å². The first-order valence-corrected chi connectivity index (χ1v) is 14.6. The number of ether oxygens (including phenoxy) is 1. The number of carbonyl (C=O) groups excluding carboxylic acids is 1. The smallest absolute Gasteiger partial charge is 0.407 e. The van der Waals surface area contributed by atoms with E-state index < -0.39 is 20.0 Å². The number of hydrogen-bond acceptors (Lipinski definition) is 4. The third-order valence-corrected chi connectivity index (χ3v) is 11.4. The quantitative estimate of drug-likeness (QED) is 0.446. The third-order valence-electron chi connectivity index (χ3n) is 6.43. The molecule has 0 radical (unpaired) electrons. The monoisotopic (exact) mass is 499 g/mol. The molecule has 0 unspecified atom stereocenters. The van der Waals surface area contributed by atoms with Gasteiger partial charge < -0.3 is 19.6 Å². The number of aliphatic hydroxyl groups excluding tert-OH is 1. The van der Waals surface area contributed by atoms with Gasteiger partial charge in [-0.25, -0.2) is 4.79 Å². The maximum Gasteiger partial charge on any atom is 0.407 e. The molecule has 0 spiro atoms. The SMILES string of the molecule is CC(C)[C@H](CCO)[C@H](CO[Si](c1ccccc1)(c1ccccc1)C(C)(C)C)NC(=O)OC(C)(C)C. The van der Waals surface area contributed by atoms with Crippen LogP contribution < -0.4 is 15.7 Å². The molecule has 5 nitrogen and oxygen atoms in total. The summed E-state index contributed by atoms with van der Waals surface area (Å²) in [7, 11) is -2.77. The maximum absolute atomic E-state index is 12.8. The highest BCUT2D eigenvalue weighted by Crippen LogP contribution is 2.37. The molecule has 2 rings (SSSR count). The predicted molar refractivity (Wildman–Crippen MR) is 147 cm³/mol. The highest BCUT2D eigenvalue weighted by Gasteiger charge is 2.50. The molecule has 0 aromatic heterocycles. The van der Waals surface area contributed by atoms with Gasteiger partial charge in [0.05, 0.1) is 12.6 Å². The van der Waals surface area contributed by atoms with Crippen molar-refractivity contribution in [3.63, 3.8) is 0 Å². The molecule has 6 heteroatoms. The van der Waals surface area contributed by atoms with E-state index in [-0.39, 0.29) is 29.5 Å². The van der Waals surface area contributed by atoms with Gasteiger partial charge in [-0.2, -0.15) is 0 Å². The summed E-state index contributed by atoms with van der Waals surface area (Å²) in [5, 5.41) is 15.1. The zero-order valence-corrected chi connectivity index (χ0v) is 23.8. The Morgan fingerprint density at radius 1 is 0.914 bits per heavy atom. The van der Waals surface area contributed by atoms with Crippen LogP contribution in [0.5, 0.6) is 0 Å². The largest absolute Gasteiger partial charge is 0.444 e. The fraction of sp³-hybridized carbons (Fsp3) is 0.552. The van der Waals surface area contributed by atoms with Crippen LogP contribution in [0.15, 0.2) is 60.7 Å². The van der Waals surface area contributed by atoms with Crippen LogP contribution in [0.25, 0.3) is 0 Å². The molecule has 0 aliphatic rings. The standard InChI is InChI=1S/C29H45NO4Si/c1-22(2)25(19-20-31)26(30-27(32)34-28(3,4)5)21-33-35(29(6,7)8,23-15-11-9-12-16-23)24-17-13-10-14-18-24/h9-18,22,25-26,31H,19-21H2,1-8H3,(H,30,32)/t25-,26-/m0/s1. The van der Waals surface area contributed by atoms with Gasteiger partial charge in [0.15, 0.2) is 0 Å². The lowest BCUT2D eigenvalue weighted by Gasteiger charge is -2.44. The zero-order valence-electron chi connectivity index (χ0n) is 22.8. The van der Waals surface area contributed by atoms with Crippen LogP contribution in [0, 0.1) is 11.8 Å². The van der Waals surface area contributed by atoms with Crippen molar-refractivity contribution in [2.45, 2.75) is 78.5 Å². The maximum atomic E-state index is 12.8. The predicted octanol–water partition coefficient (Wildman–Crippen LogP) is 5.11. The second kappa shape index (κ2) is 12.2. The molecule has 35 heavy (non-hydrogen) atoms. The van der Waals surface area contributed by atoms with E-state index in [4.69, 9.17) is 9.16 Å². The average Bonchev–Trinajstić information content (AvgIpc) is 2.76. The van der Waals surface area contributed by atoms with Crippen LogP contribution in [-0.4, -0.2) is 44.4 Å². The molecule has 2 aromatic rings. The number of alkyl carbamates (subject to hydrolysis) is 1. The number of benzene rings is 2. The molecule has 194 valence electrons. The molecule has 2 aromatic carbocycles. The summed E-state index contributed by atoms with van der Waals surface area (Å²) < 4.78 is 12.7. The lowest BCUT2D eigenvalue weighted by molar-refractivity contribution is 0.0430. The van der Waals surface area contributed by atoms with E-state index in [9.17, 15) is 9.90 Å². The Kier molecular flexibility index (Phi) is 10.1. The summed E-state index contributed by atoms with van der Waals surface area (Å²) in [6.45, 7) is 16.9. The molecule has 2 N–H and O–H groups in total. The normalized spacial score (nSPS) is 14.5. The van der Waals surface area contributed by atoms with Gasteiger partial charge in [-0.05, 0) is 54.4 Å². The Labute approximate surface area is 213 Å². The minimum atomic E-state index is -2.77. The first kappa shape index (κ1) is 29.1. The lowest BCUT2D eigenvalue weighted by atomic mass is 9.86. The minimum Gasteiger partial charge on any atom is -0.444 e. The van der Waals surface area contributed by atoms with E-state index in [2.05, 4.69) is 88.5 Å². The fourth-order valence-corrected chi connectivity index (χ4v) is 9.44. The van der Waals surface area contributed by atoms with Gasteiger partial charge in [0.1, 0.15) is 5.60 Å². The minimum absolute atomic E-state index is 0.0331. The molecule has 0 heterocycles. The Bertz CT molecular complexity index is 864. The molecule has 0 bridgehead atoms.